The van der Waals surface area contributed by atoms with Crippen molar-refractivity contribution in [2.24, 2.45) is 5.41 Å². The SMILES string of the molecule is CC(C)(C)[Si](OCCCCC(=O)N1CC[C@@H]2c3cc(CCCO[Si](c4ccccc4)(c4ccccc4)C(C)(C)C)oc3[C@H]3N4C(=O)CCC/C=C\[C@@H]4C[C@@]23C1)(c1ccccc1)c1ccccc1. The molecule has 2 saturated heterocycles. The molecule has 1 aliphatic carbocycles. The van der Waals surface area contributed by atoms with Gasteiger partial charge in [-0.3, -0.25) is 9.59 Å². The first-order chi connectivity index (χ1) is 32.3. The number of fused-ring (bicyclic) bond motifs is 5. The van der Waals surface area contributed by atoms with Gasteiger partial charge < -0.3 is 23.1 Å². The second kappa shape index (κ2) is 19.3. The van der Waals surface area contributed by atoms with Crippen LogP contribution >= 0.6 is 0 Å². The molecule has 2 fully saturated rings. The molecule has 0 bridgehead atoms. The van der Waals surface area contributed by atoms with Gasteiger partial charge >= 0.3 is 0 Å². The molecule has 4 atom stereocenters. The summed E-state index contributed by atoms with van der Waals surface area (Å²) in [4.78, 5) is 32.8. The fourth-order valence-electron chi connectivity index (χ4n) is 12.8. The number of nitrogens with zero attached hydrogens (tertiary/aromatic N) is 2. The van der Waals surface area contributed by atoms with E-state index in [0.717, 1.165) is 69.4 Å². The Balaban J connectivity index is 0.896. The van der Waals surface area contributed by atoms with E-state index in [9.17, 15) is 9.59 Å². The summed E-state index contributed by atoms with van der Waals surface area (Å²) in [5, 5.41) is 4.94. The molecule has 0 N–H and O–H groups in total. The number of benzene rings is 4. The van der Waals surface area contributed by atoms with Crippen LogP contribution in [0.5, 0.6) is 0 Å². The van der Waals surface area contributed by atoms with Crippen molar-refractivity contribution in [2.45, 2.75) is 134 Å². The van der Waals surface area contributed by atoms with Crippen molar-refractivity contribution in [2.75, 3.05) is 26.3 Å². The molecule has 4 aromatic carbocycles. The molecule has 4 aliphatic rings. The zero-order chi connectivity index (χ0) is 46.9. The molecular formula is C58H72N2O5Si2. The highest BCUT2D eigenvalue weighted by molar-refractivity contribution is 7.00. The topological polar surface area (TPSA) is 72.2 Å². The lowest BCUT2D eigenvalue weighted by Crippen LogP contribution is -2.66. The van der Waals surface area contributed by atoms with Crippen LogP contribution in [0.1, 0.15) is 128 Å². The van der Waals surface area contributed by atoms with Crippen molar-refractivity contribution < 1.29 is 22.9 Å². The van der Waals surface area contributed by atoms with Crippen molar-refractivity contribution in [3.8, 4) is 0 Å². The van der Waals surface area contributed by atoms with Crippen LogP contribution in [0.15, 0.2) is 144 Å². The van der Waals surface area contributed by atoms with Crippen molar-refractivity contribution in [3.05, 3.63) is 157 Å². The molecule has 7 nitrogen and oxygen atoms in total. The third kappa shape index (κ3) is 8.68. The van der Waals surface area contributed by atoms with Crippen LogP contribution in [0.25, 0.3) is 0 Å². The number of carbonyl (C=O) groups is 2. The molecule has 1 spiro atoms. The molecule has 9 rings (SSSR count). The summed E-state index contributed by atoms with van der Waals surface area (Å²) in [5.74, 6) is 2.60. The van der Waals surface area contributed by atoms with Crippen LogP contribution in [0.3, 0.4) is 0 Å². The number of piperidine rings is 1. The Morgan fingerprint density at radius 2 is 1.25 bits per heavy atom. The number of carbonyl (C=O) groups excluding carboxylic acids is 2. The molecule has 3 aliphatic heterocycles. The first-order valence-corrected chi connectivity index (χ1v) is 29.0. The summed E-state index contributed by atoms with van der Waals surface area (Å²) in [6.45, 7) is 16.5. The van der Waals surface area contributed by atoms with Crippen molar-refractivity contribution >= 4 is 49.2 Å². The molecule has 1 aromatic heterocycles. The van der Waals surface area contributed by atoms with E-state index in [4.69, 9.17) is 13.3 Å². The molecule has 2 amide bonds. The minimum atomic E-state index is -2.65. The van der Waals surface area contributed by atoms with E-state index in [1.165, 1.54) is 26.3 Å². The van der Waals surface area contributed by atoms with Gasteiger partial charge in [0.1, 0.15) is 11.5 Å². The second-order valence-electron chi connectivity index (χ2n) is 21.8. The summed E-state index contributed by atoms with van der Waals surface area (Å²) in [7, 11) is -5.30. The van der Waals surface area contributed by atoms with E-state index >= 15 is 0 Å². The minimum absolute atomic E-state index is 0.00975. The number of unbranched alkanes of at least 4 members (excludes halogenated alkanes) is 1. The van der Waals surface area contributed by atoms with Gasteiger partial charge in [0, 0.05) is 51.0 Å². The lowest BCUT2D eigenvalue weighted by Gasteiger charge is -2.45. The maximum atomic E-state index is 14.3. The average molecular weight is 933 g/mol. The van der Waals surface area contributed by atoms with Gasteiger partial charge in [0.05, 0.1) is 12.1 Å². The molecule has 67 heavy (non-hydrogen) atoms. The summed E-state index contributed by atoms with van der Waals surface area (Å²) in [6, 6.07) is 45.4. The van der Waals surface area contributed by atoms with E-state index in [2.05, 4.69) is 191 Å². The largest absolute Gasteiger partial charge is 0.464 e. The van der Waals surface area contributed by atoms with Crippen LogP contribution in [0, 0.1) is 5.41 Å². The van der Waals surface area contributed by atoms with Gasteiger partial charge in [-0.05, 0) is 93.3 Å². The molecule has 0 unspecified atom stereocenters. The summed E-state index contributed by atoms with van der Waals surface area (Å²) < 4.78 is 21.4. The third-order valence-electron chi connectivity index (χ3n) is 15.7. The van der Waals surface area contributed by atoms with Gasteiger partial charge in [-0.25, -0.2) is 0 Å². The van der Waals surface area contributed by atoms with Gasteiger partial charge in [0.15, 0.2) is 0 Å². The van der Waals surface area contributed by atoms with Crippen molar-refractivity contribution in [3.63, 3.8) is 0 Å². The van der Waals surface area contributed by atoms with Gasteiger partial charge in [-0.15, -0.1) is 0 Å². The quantitative estimate of drug-likeness (QED) is 0.0594. The summed E-state index contributed by atoms with van der Waals surface area (Å²) >= 11 is 0. The lowest BCUT2D eigenvalue weighted by atomic mass is 9.68. The Morgan fingerprint density at radius 3 is 1.78 bits per heavy atom. The number of likely N-dealkylation sites (tertiary alicyclic amines) is 1. The molecule has 9 heteroatoms. The van der Waals surface area contributed by atoms with Crippen LogP contribution < -0.4 is 20.7 Å². The highest BCUT2D eigenvalue weighted by Gasteiger charge is 2.66. The van der Waals surface area contributed by atoms with Crippen LogP contribution in [0.2, 0.25) is 10.1 Å². The van der Waals surface area contributed by atoms with Crippen molar-refractivity contribution in [1.82, 2.24) is 9.80 Å². The predicted molar refractivity (Wildman–Crippen MR) is 275 cm³/mol. The van der Waals surface area contributed by atoms with E-state index in [1.807, 2.05) is 0 Å². The van der Waals surface area contributed by atoms with E-state index in [-0.39, 0.29) is 45.3 Å². The van der Waals surface area contributed by atoms with Crippen molar-refractivity contribution in [1.29, 1.82) is 0 Å². The number of rotatable bonds is 15. The maximum absolute atomic E-state index is 14.3. The zero-order valence-electron chi connectivity index (χ0n) is 40.8. The first kappa shape index (κ1) is 47.3. The minimum Gasteiger partial charge on any atom is -0.464 e. The Bertz CT molecular complexity index is 2420. The second-order valence-corrected chi connectivity index (χ2v) is 30.4. The number of furan rings is 1. The number of aryl methyl sites for hydroxylation is 1. The number of hydrogen-bond acceptors (Lipinski definition) is 5. The standard InChI is InChI=1S/C58H72N2O5Si2/c1-56(2,3)66(46-27-13-8-14-28-46,47-29-15-9-16-30-47)63-39-23-22-35-52(61)59-38-37-51-50-41-45(65-54(50)55-58(51,43-59)42-44-25-12-7-21-36-53(62)60(44)55)26-24-40-64-67(57(4,5)6,48-31-17-10-18-32-48)49-33-19-11-20-34-49/h8-20,25,27-34,41,44,51,55H,7,21-24,26,35-40,42-43H2,1-6H3/b25-12-/t44-,51-,55-,58-/m1/s1. The Kier molecular flexibility index (Phi) is 13.6. The number of amides is 2. The summed E-state index contributed by atoms with van der Waals surface area (Å²) in [6.07, 6.45) is 12.3. The monoisotopic (exact) mass is 932 g/mol. The molecule has 5 aromatic rings. The zero-order valence-corrected chi connectivity index (χ0v) is 42.8. The average Bonchev–Trinajstić information content (AvgIpc) is 3.94. The third-order valence-corrected chi connectivity index (χ3v) is 25.8. The first-order valence-electron chi connectivity index (χ1n) is 25.2. The highest BCUT2D eigenvalue weighted by atomic mass is 28.4. The Morgan fingerprint density at radius 1 is 0.731 bits per heavy atom. The Hall–Kier alpha value is -4.81. The molecule has 4 heterocycles. The van der Waals surface area contributed by atoms with Gasteiger partial charge in [-0.1, -0.05) is 175 Å². The van der Waals surface area contributed by atoms with E-state index in [1.54, 1.807) is 0 Å². The van der Waals surface area contributed by atoms with E-state index in [0.29, 0.717) is 32.6 Å². The van der Waals surface area contributed by atoms with Gasteiger partial charge in [0.2, 0.25) is 11.8 Å². The lowest BCUT2D eigenvalue weighted by molar-refractivity contribution is -0.138. The number of allylic oxidation sites excluding steroid dienone is 1. The molecule has 0 radical (unpaired) electrons. The predicted octanol–water partition coefficient (Wildman–Crippen LogP) is 10.2. The molecular weight excluding hydrogens is 861 g/mol. The van der Waals surface area contributed by atoms with Crippen LogP contribution in [-0.2, 0) is 24.9 Å². The fraction of sp³-hybridized carbons (Fsp3) is 0.448. The normalized spacial score (nSPS) is 22.4. The smallest absolute Gasteiger partial charge is 0.261 e. The Labute approximate surface area is 402 Å². The summed E-state index contributed by atoms with van der Waals surface area (Å²) in [5.41, 5.74) is 0.992. The van der Waals surface area contributed by atoms with Gasteiger partial charge in [0.25, 0.3) is 16.6 Å². The number of hydrogen-bond donors (Lipinski definition) is 0. The van der Waals surface area contributed by atoms with E-state index < -0.39 is 16.6 Å². The van der Waals surface area contributed by atoms with Crippen LogP contribution in [0.4, 0.5) is 0 Å². The maximum Gasteiger partial charge on any atom is 0.261 e. The highest BCUT2D eigenvalue weighted by Crippen LogP contribution is 2.67. The molecule has 0 saturated carbocycles. The fourth-order valence-corrected chi connectivity index (χ4v) is 22.0. The van der Waals surface area contributed by atoms with Gasteiger partial charge in [-0.2, -0.15) is 0 Å². The molecule has 352 valence electrons. The van der Waals surface area contributed by atoms with Crippen LogP contribution in [-0.4, -0.2) is 70.6 Å².